The first-order chi connectivity index (χ1) is 19.4. The zero-order valence-corrected chi connectivity index (χ0v) is 23.0. The number of fused-ring (bicyclic) bond motifs is 2. The molecule has 1 fully saturated rings. The Bertz CT molecular complexity index is 1570. The van der Waals surface area contributed by atoms with Crippen molar-refractivity contribution in [2.75, 3.05) is 47.0 Å². The second kappa shape index (κ2) is 10.7. The predicted octanol–water partition coefficient (Wildman–Crippen LogP) is 6.07. The summed E-state index contributed by atoms with van der Waals surface area (Å²) >= 11 is 6.70. The van der Waals surface area contributed by atoms with Crippen molar-refractivity contribution in [1.29, 1.82) is 0 Å². The summed E-state index contributed by atoms with van der Waals surface area (Å²) in [5, 5.41) is 13.1. The van der Waals surface area contributed by atoms with Gasteiger partial charge in [0, 0.05) is 43.1 Å². The smallest absolute Gasteiger partial charge is 0.323 e. The maximum absolute atomic E-state index is 13.0. The van der Waals surface area contributed by atoms with Crippen molar-refractivity contribution in [3.8, 4) is 0 Å². The summed E-state index contributed by atoms with van der Waals surface area (Å²) in [7, 11) is 0. The molecule has 0 radical (unpaired) electrons. The maximum atomic E-state index is 13.0. The highest BCUT2D eigenvalue weighted by molar-refractivity contribution is 6.33. The number of aromatic nitrogens is 1. The Hall–Kier alpha value is -4.34. The largest absolute Gasteiger partial charge is 0.368 e. The van der Waals surface area contributed by atoms with Gasteiger partial charge in [0.25, 0.3) is 5.91 Å². The highest BCUT2D eigenvalue weighted by Gasteiger charge is 2.33. The molecule has 3 heterocycles. The highest BCUT2D eigenvalue weighted by atomic mass is 35.5. The topological polar surface area (TPSA) is 103 Å². The van der Waals surface area contributed by atoms with Crippen LogP contribution >= 0.6 is 11.6 Å². The van der Waals surface area contributed by atoms with Crippen LogP contribution in [0.4, 0.5) is 27.5 Å². The molecule has 204 valence electrons. The van der Waals surface area contributed by atoms with Crippen molar-refractivity contribution >= 4 is 46.3 Å². The molecule has 1 saturated heterocycles. The Kier molecular flexibility index (Phi) is 6.91. The number of amides is 3. The second-order valence-corrected chi connectivity index (χ2v) is 10.4. The normalized spacial score (nSPS) is 16.9. The lowest BCUT2D eigenvalue weighted by atomic mass is 9.93. The van der Waals surface area contributed by atoms with E-state index in [0.717, 1.165) is 48.7 Å². The van der Waals surface area contributed by atoms with Crippen LogP contribution in [0.5, 0.6) is 0 Å². The minimum Gasteiger partial charge on any atom is -0.368 e. The highest BCUT2D eigenvalue weighted by Crippen LogP contribution is 2.39. The molecule has 0 aliphatic carbocycles. The van der Waals surface area contributed by atoms with Gasteiger partial charge in [-0.15, -0.1) is 0 Å². The molecule has 1 unspecified atom stereocenters. The molecule has 3 N–H and O–H groups in total. The van der Waals surface area contributed by atoms with Crippen molar-refractivity contribution in [1.82, 2.24) is 10.1 Å². The van der Waals surface area contributed by atoms with Crippen LogP contribution in [-0.4, -0.2) is 48.2 Å². The summed E-state index contributed by atoms with van der Waals surface area (Å²) in [6.45, 7) is 6.62. The lowest BCUT2D eigenvalue weighted by molar-refractivity contribution is 0.102. The van der Waals surface area contributed by atoms with E-state index in [-0.39, 0.29) is 11.9 Å². The third-order valence-electron chi connectivity index (χ3n) is 7.50. The number of rotatable bonds is 4. The minimum absolute atomic E-state index is 0.0354. The van der Waals surface area contributed by atoms with Crippen LogP contribution in [0.15, 0.2) is 71.3 Å². The molecule has 10 heteroatoms. The van der Waals surface area contributed by atoms with Crippen molar-refractivity contribution in [2.24, 2.45) is 0 Å². The molecule has 0 saturated carbocycles. The Balaban J connectivity index is 1.16. The van der Waals surface area contributed by atoms with Crippen LogP contribution < -0.4 is 20.9 Å². The number of hydrogen-bond donors (Lipinski definition) is 3. The van der Waals surface area contributed by atoms with E-state index in [9.17, 15) is 9.59 Å². The van der Waals surface area contributed by atoms with Gasteiger partial charge in [-0.1, -0.05) is 53.2 Å². The molecule has 3 amide bonds. The number of halogens is 1. The first-order valence-corrected chi connectivity index (χ1v) is 13.6. The molecule has 40 heavy (non-hydrogen) atoms. The first-order valence-electron chi connectivity index (χ1n) is 13.2. The molecule has 2 aliphatic rings. The van der Waals surface area contributed by atoms with Crippen molar-refractivity contribution in [3.05, 3.63) is 99.9 Å². The van der Waals surface area contributed by atoms with Gasteiger partial charge >= 0.3 is 6.03 Å². The number of nitrogens with zero attached hydrogens (tertiary/aromatic N) is 3. The molecule has 6 rings (SSSR count). The number of aryl methyl sites for hydroxylation is 2. The molecule has 9 nitrogen and oxygen atoms in total. The summed E-state index contributed by atoms with van der Waals surface area (Å²) in [4.78, 5) is 30.2. The Morgan fingerprint density at radius 3 is 2.42 bits per heavy atom. The second-order valence-electron chi connectivity index (χ2n) is 10.00. The zero-order chi connectivity index (χ0) is 27.8. The fourth-order valence-electron chi connectivity index (χ4n) is 5.54. The molecule has 0 spiro atoms. The average molecular weight is 557 g/mol. The number of anilines is 4. The first kappa shape index (κ1) is 25.9. The number of benzene rings is 3. The number of carbonyl (C=O) groups is 2. The minimum atomic E-state index is -0.399. The van der Waals surface area contributed by atoms with Crippen LogP contribution in [0.3, 0.4) is 0 Å². The van der Waals surface area contributed by atoms with Crippen LogP contribution in [0, 0.1) is 13.8 Å². The van der Waals surface area contributed by atoms with E-state index >= 15 is 0 Å². The van der Waals surface area contributed by atoms with Gasteiger partial charge in [0.15, 0.2) is 5.76 Å². The summed E-state index contributed by atoms with van der Waals surface area (Å²) in [5.74, 6) is 0.462. The average Bonchev–Trinajstić information content (AvgIpc) is 3.20. The van der Waals surface area contributed by atoms with E-state index in [1.54, 1.807) is 19.9 Å². The van der Waals surface area contributed by atoms with Crippen LogP contribution in [0.2, 0.25) is 5.02 Å². The fourth-order valence-corrected chi connectivity index (χ4v) is 5.84. The van der Waals surface area contributed by atoms with Crippen LogP contribution in [0.25, 0.3) is 0 Å². The lowest BCUT2D eigenvalue weighted by Gasteiger charge is -2.41. The molecule has 3 aromatic carbocycles. The van der Waals surface area contributed by atoms with E-state index in [4.69, 9.17) is 16.1 Å². The number of hydrogen-bond acceptors (Lipinski definition) is 6. The predicted molar refractivity (Wildman–Crippen MR) is 157 cm³/mol. The van der Waals surface area contributed by atoms with Crippen molar-refractivity contribution in [3.63, 3.8) is 0 Å². The van der Waals surface area contributed by atoms with E-state index in [1.165, 1.54) is 0 Å². The quantitative estimate of drug-likeness (QED) is 0.282. The van der Waals surface area contributed by atoms with Gasteiger partial charge in [0.2, 0.25) is 0 Å². The summed E-state index contributed by atoms with van der Waals surface area (Å²) in [6, 6.07) is 21.0. The number of para-hydroxylation sites is 1. The number of nitrogens with one attached hydrogen (secondary N) is 3. The monoisotopic (exact) mass is 556 g/mol. The van der Waals surface area contributed by atoms with Gasteiger partial charge in [-0.2, -0.15) is 0 Å². The standard InChI is InChI=1S/C30H29ClN6O3/c1-18-27(19(2)40-35-18)34-30(39)32-20-11-12-26(24(31)17-20)36-13-15-37(16-14-36)28-21-7-3-4-8-22(21)29(38)33-25-10-6-5-9-23(25)28/h3-12,17,28H,13-16H2,1-2H3,(H,33,38)(H2,32,34,39). The van der Waals surface area contributed by atoms with Crippen LogP contribution in [-0.2, 0) is 0 Å². The summed E-state index contributed by atoms with van der Waals surface area (Å²) in [5.41, 5.74) is 6.32. The number of carbonyl (C=O) groups excluding carboxylic acids is 2. The third kappa shape index (κ3) is 4.89. The molecule has 0 bridgehead atoms. The van der Waals surface area contributed by atoms with Crippen molar-refractivity contribution < 1.29 is 14.1 Å². The van der Waals surface area contributed by atoms with E-state index in [2.05, 4.69) is 43.0 Å². The number of urea groups is 1. The molecular weight excluding hydrogens is 528 g/mol. The maximum Gasteiger partial charge on any atom is 0.323 e. The van der Waals surface area contributed by atoms with Crippen LogP contribution in [0.1, 0.15) is 39.0 Å². The van der Waals surface area contributed by atoms with E-state index in [1.807, 2.05) is 48.5 Å². The Morgan fingerprint density at radius 2 is 1.70 bits per heavy atom. The third-order valence-corrected chi connectivity index (χ3v) is 7.80. The summed E-state index contributed by atoms with van der Waals surface area (Å²) in [6.07, 6.45) is 0. The summed E-state index contributed by atoms with van der Waals surface area (Å²) < 4.78 is 5.10. The van der Waals surface area contributed by atoms with Gasteiger partial charge in [-0.3, -0.25) is 9.69 Å². The molecule has 1 aromatic heterocycles. The van der Waals surface area contributed by atoms with Gasteiger partial charge < -0.3 is 25.4 Å². The van der Waals surface area contributed by atoms with Gasteiger partial charge in [-0.25, -0.2) is 4.79 Å². The van der Waals surface area contributed by atoms with Gasteiger partial charge in [-0.05, 0) is 55.3 Å². The van der Waals surface area contributed by atoms with E-state index < -0.39 is 6.03 Å². The van der Waals surface area contributed by atoms with Gasteiger partial charge in [0.1, 0.15) is 11.4 Å². The molecule has 2 aliphatic heterocycles. The number of piperazine rings is 1. The van der Waals surface area contributed by atoms with Gasteiger partial charge in [0.05, 0.1) is 16.8 Å². The molecule has 1 atom stereocenters. The fraction of sp³-hybridized carbons (Fsp3) is 0.233. The molecule has 4 aromatic rings. The lowest BCUT2D eigenvalue weighted by Crippen LogP contribution is -2.48. The van der Waals surface area contributed by atoms with E-state index in [0.29, 0.717) is 33.4 Å². The molecular formula is C30H29ClN6O3. The SMILES string of the molecule is Cc1noc(C)c1NC(=O)Nc1ccc(N2CCN(C3c4ccccc4NC(=O)c4ccccc43)CC2)c(Cl)c1. The Morgan fingerprint density at radius 1 is 0.975 bits per heavy atom. The zero-order valence-electron chi connectivity index (χ0n) is 22.2. The van der Waals surface area contributed by atoms with Crippen molar-refractivity contribution in [2.45, 2.75) is 19.9 Å². The Labute approximate surface area is 237 Å².